The van der Waals surface area contributed by atoms with E-state index in [0.29, 0.717) is 6.42 Å². The Bertz CT molecular complexity index is 392. The van der Waals surface area contributed by atoms with Gasteiger partial charge in [0.15, 0.2) is 0 Å². The highest BCUT2D eigenvalue weighted by molar-refractivity contribution is 5.55. The molecule has 0 bridgehead atoms. The quantitative estimate of drug-likeness (QED) is 0.390. The molecule has 4 nitrogen and oxygen atoms in total. The topological polar surface area (TPSA) is 60.2 Å². The maximum atomic E-state index is 11.3. The highest BCUT2D eigenvalue weighted by Crippen LogP contribution is 2.21. The van der Waals surface area contributed by atoms with Crippen LogP contribution >= 0.6 is 0 Å². The van der Waals surface area contributed by atoms with E-state index in [4.69, 9.17) is 0 Å². The van der Waals surface area contributed by atoms with E-state index in [-0.39, 0.29) is 23.3 Å². The summed E-state index contributed by atoms with van der Waals surface area (Å²) in [4.78, 5) is 21.7. The first-order chi connectivity index (χ1) is 9.17. The van der Waals surface area contributed by atoms with Crippen molar-refractivity contribution in [3.8, 4) is 0 Å². The van der Waals surface area contributed by atoms with Gasteiger partial charge in [-0.25, -0.2) is 0 Å². The van der Waals surface area contributed by atoms with E-state index in [2.05, 4.69) is 6.92 Å². The van der Waals surface area contributed by atoms with Crippen LogP contribution in [0.3, 0.4) is 0 Å². The van der Waals surface area contributed by atoms with Crippen molar-refractivity contribution in [3.05, 3.63) is 46.0 Å². The van der Waals surface area contributed by atoms with Gasteiger partial charge in [-0.05, 0) is 18.4 Å². The number of benzene rings is 1. The van der Waals surface area contributed by atoms with Crippen molar-refractivity contribution in [2.75, 3.05) is 6.54 Å². The summed E-state index contributed by atoms with van der Waals surface area (Å²) in [6.07, 6.45) is 4.14. The van der Waals surface area contributed by atoms with Crippen molar-refractivity contribution in [1.82, 2.24) is 0 Å². The lowest BCUT2D eigenvalue weighted by Gasteiger charge is -2.19. The van der Waals surface area contributed by atoms with Crippen LogP contribution in [-0.2, 0) is 11.2 Å². The van der Waals surface area contributed by atoms with E-state index in [0.717, 1.165) is 31.1 Å². The lowest BCUT2D eigenvalue weighted by atomic mass is 9.84. The Hall–Kier alpha value is -1.71. The summed E-state index contributed by atoms with van der Waals surface area (Å²) >= 11 is 0. The second kappa shape index (κ2) is 8.40. The molecule has 1 aromatic carbocycles. The predicted octanol–water partition coefficient (Wildman–Crippen LogP) is 3.13. The molecular weight excluding hydrogens is 242 g/mol. The number of aldehydes is 1. The highest BCUT2D eigenvalue weighted by atomic mass is 16.6. The Balaban J connectivity index is 2.71. The Morgan fingerprint density at radius 2 is 2.00 bits per heavy atom. The lowest BCUT2D eigenvalue weighted by Crippen LogP contribution is -2.26. The zero-order chi connectivity index (χ0) is 14.1. The molecule has 2 atom stereocenters. The molecule has 0 heterocycles. The average molecular weight is 263 g/mol. The third kappa shape index (κ3) is 5.64. The first kappa shape index (κ1) is 15.3. The van der Waals surface area contributed by atoms with Crippen LogP contribution in [-0.4, -0.2) is 17.8 Å². The van der Waals surface area contributed by atoms with E-state index in [1.165, 1.54) is 0 Å². The largest absolute Gasteiger partial charge is 0.303 e. The third-order valence-corrected chi connectivity index (χ3v) is 3.41. The molecule has 0 fully saturated rings. The average Bonchev–Trinajstić information content (AvgIpc) is 2.41. The Morgan fingerprint density at radius 1 is 1.32 bits per heavy atom. The molecule has 0 N–H and O–H groups in total. The van der Waals surface area contributed by atoms with Gasteiger partial charge in [0.05, 0.1) is 0 Å². The second-order valence-corrected chi connectivity index (χ2v) is 4.91. The van der Waals surface area contributed by atoms with Gasteiger partial charge in [0, 0.05) is 16.8 Å². The maximum absolute atomic E-state index is 11.3. The molecular formula is C15H21NO3. The van der Waals surface area contributed by atoms with E-state index in [1.807, 2.05) is 30.3 Å². The summed E-state index contributed by atoms with van der Waals surface area (Å²) in [6, 6.07) is 9.68. The summed E-state index contributed by atoms with van der Waals surface area (Å²) < 4.78 is 0. The van der Waals surface area contributed by atoms with Crippen LogP contribution in [0.25, 0.3) is 0 Å². The first-order valence-electron chi connectivity index (χ1n) is 6.78. The normalized spacial score (nSPS) is 13.7. The van der Waals surface area contributed by atoms with Gasteiger partial charge in [-0.2, -0.15) is 0 Å². The zero-order valence-corrected chi connectivity index (χ0v) is 11.3. The third-order valence-electron chi connectivity index (χ3n) is 3.41. The minimum Gasteiger partial charge on any atom is -0.303 e. The van der Waals surface area contributed by atoms with Crippen LogP contribution < -0.4 is 0 Å². The summed E-state index contributed by atoms with van der Waals surface area (Å²) in [5, 5.41) is 10.7. The molecule has 0 aliphatic rings. The van der Waals surface area contributed by atoms with Crippen molar-refractivity contribution in [1.29, 1.82) is 0 Å². The molecule has 0 unspecified atom stereocenters. The van der Waals surface area contributed by atoms with Crippen molar-refractivity contribution < 1.29 is 9.72 Å². The number of nitrogens with zero attached hydrogens (tertiary/aromatic N) is 1. The van der Waals surface area contributed by atoms with E-state index < -0.39 is 0 Å². The smallest absolute Gasteiger partial charge is 0.207 e. The first-order valence-corrected chi connectivity index (χ1v) is 6.78. The Kier molecular flexibility index (Phi) is 6.79. The van der Waals surface area contributed by atoms with Crippen LogP contribution in [0, 0.1) is 22.0 Å². The molecule has 0 saturated heterocycles. The minimum atomic E-state index is -0.304. The van der Waals surface area contributed by atoms with Crippen molar-refractivity contribution >= 4 is 6.29 Å². The molecule has 104 valence electrons. The molecule has 0 amide bonds. The number of carbonyl (C=O) groups is 1. The molecule has 19 heavy (non-hydrogen) atoms. The van der Waals surface area contributed by atoms with Gasteiger partial charge >= 0.3 is 0 Å². The molecule has 0 spiro atoms. The van der Waals surface area contributed by atoms with E-state index in [1.54, 1.807) is 0 Å². The number of hydrogen-bond acceptors (Lipinski definition) is 3. The summed E-state index contributed by atoms with van der Waals surface area (Å²) in [7, 11) is 0. The van der Waals surface area contributed by atoms with Crippen LogP contribution in [0.5, 0.6) is 0 Å². The summed E-state index contributed by atoms with van der Waals surface area (Å²) in [5.41, 5.74) is 1.06. The zero-order valence-electron chi connectivity index (χ0n) is 11.3. The minimum absolute atomic E-state index is 0.115. The Morgan fingerprint density at radius 3 is 2.53 bits per heavy atom. The highest BCUT2D eigenvalue weighted by Gasteiger charge is 2.25. The number of hydrogen-bond donors (Lipinski definition) is 0. The summed E-state index contributed by atoms with van der Waals surface area (Å²) in [6.45, 7) is 1.94. The number of rotatable bonds is 9. The van der Waals surface area contributed by atoms with Gasteiger partial charge in [-0.3, -0.25) is 10.1 Å². The Labute approximate surface area is 114 Å². The van der Waals surface area contributed by atoms with Gasteiger partial charge < -0.3 is 4.79 Å². The fourth-order valence-corrected chi connectivity index (χ4v) is 2.31. The molecule has 0 saturated carbocycles. The molecule has 0 aliphatic carbocycles. The van der Waals surface area contributed by atoms with Crippen LogP contribution in [0.2, 0.25) is 0 Å². The molecule has 4 heteroatoms. The number of carbonyl (C=O) groups excluding carboxylic acids is 1. The molecule has 1 aromatic rings. The van der Waals surface area contributed by atoms with Crippen molar-refractivity contribution in [2.45, 2.75) is 32.6 Å². The van der Waals surface area contributed by atoms with Gasteiger partial charge in [0.2, 0.25) is 6.54 Å². The predicted molar refractivity (Wildman–Crippen MR) is 74.6 cm³/mol. The molecule has 1 rings (SSSR count). The number of nitro groups is 1. The van der Waals surface area contributed by atoms with Gasteiger partial charge in [0.1, 0.15) is 6.29 Å². The SMILES string of the molecule is CCCC[C@H](C[N+](=O)[O-])[C@H](C=O)Cc1ccccc1. The second-order valence-electron chi connectivity index (χ2n) is 4.91. The van der Waals surface area contributed by atoms with Gasteiger partial charge in [-0.15, -0.1) is 0 Å². The van der Waals surface area contributed by atoms with Crippen molar-refractivity contribution in [3.63, 3.8) is 0 Å². The maximum Gasteiger partial charge on any atom is 0.207 e. The fraction of sp³-hybridized carbons (Fsp3) is 0.533. The van der Waals surface area contributed by atoms with Crippen LogP contribution in [0.4, 0.5) is 0 Å². The van der Waals surface area contributed by atoms with E-state index in [9.17, 15) is 14.9 Å². The fourth-order valence-electron chi connectivity index (χ4n) is 2.31. The van der Waals surface area contributed by atoms with Gasteiger partial charge in [0.25, 0.3) is 0 Å². The van der Waals surface area contributed by atoms with Crippen LogP contribution in [0.1, 0.15) is 31.7 Å². The lowest BCUT2D eigenvalue weighted by molar-refractivity contribution is -0.489. The molecule has 0 aliphatic heterocycles. The number of unbranched alkanes of at least 4 members (excludes halogenated alkanes) is 1. The summed E-state index contributed by atoms with van der Waals surface area (Å²) in [5.74, 6) is -0.424. The van der Waals surface area contributed by atoms with E-state index >= 15 is 0 Å². The standard InChI is InChI=1S/C15H21NO3/c1-2-3-9-14(11-16(18)19)15(12-17)10-13-7-5-4-6-8-13/h4-8,12,14-15H,2-3,9-11H2,1H3/t14-,15+/m1/s1. The van der Waals surface area contributed by atoms with Crippen LogP contribution in [0.15, 0.2) is 30.3 Å². The van der Waals surface area contributed by atoms with Gasteiger partial charge in [-0.1, -0.05) is 50.1 Å². The van der Waals surface area contributed by atoms with Crippen molar-refractivity contribution in [2.24, 2.45) is 11.8 Å². The molecule has 0 aromatic heterocycles. The monoisotopic (exact) mass is 263 g/mol. The molecule has 0 radical (unpaired) electrons.